The maximum absolute atomic E-state index is 10.2. The number of methoxy groups -OCH3 is 1. The first kappa shape index (κ1) is 24.4. The Morgan fingerprint density at radius 3 is 2.56 bits per heavy atom. The summed E-state index contributed by atoms with van der Waals surface area (Å²) in [6.45, 7) is 3.15. The summed E-state index contributed by atoms with van der Waals surface area (Å²) in [5, 5.41) is 0.648. The van der Waals surface area contributed by atoms with Gasteiger partial charge in [-0.3, -0.25) is 19.6 Å². The number of likely N-dealkylation sites (tertiary alicyclic amines) is 1. The van der Waals surface area contributed by atoms with Crippen LogP contribution in [-0.2, 0) is 6.54 Å². The number of hydrogen-bond acceptors (Lipinski definition) is 7. The topological polar surface area (TPSA) is 75.9 Å². The van der Waals surface area contributed by atoms with E-state index in [0.29, 0.717) is 35.0 Å². The van der Waals surface area contributed by atoms with Crippen molar-refractivity contribution >= 4 is 23.5 Å². The molecule has 2 atom stereocenters. The number of nitrogens with zero attached hydrogens (tertiary/aromatic N) is 6. The van der Waals surface area contributed by atoms with Crippen LogP contribution < -0.4 is 4.74 Å². The normalized spacial score (nSPS) is 19.6. The van der Waals surface area contributed by atoms with E-state index >= 15 is 0 Å². The van der Waals surface area contributed by atoms with E-state index < -0.39 is 0 Å². The van der Waals surface area contributed by atoms with Crippen LogP contribution in [0.25, 0.3) is 17.0 Å². The highest BCUT2D eigenvalue weighted by Gasteiger charge is 2.37. The Labute approximate surface area is 215 Å². The Hall–Kier alpha value is -3.33. The van der Waals surface area contributed by atoms with Gasteiger partial charge in [0.1, 0.15) is 17.0 Å². The molecule has 6 rings (SSSR count). The monoisotopic (exact) mass is 504 g/mol. The highest BCUT2D eigenvalue weighted by atomic mass is 35.5. The van der Waals surface area contributed by atoms with Crippen molar-refractivity contribution in [1.29, 1.82) is 0 Å². The lowest BCUT2D eigenvalue weighted by molar-refractivity contribution is 0.0828. The second kappa shape index (κ2) is 10.7. The number of carbonyl (C=O) groups excluding carboxylic acids is 1. The summed E-state index contributed by atoms with van der Waals surface area (Å²) in [5.41, 5.74) is 4.40. The van der Waals surface area contributed by atoms with Crippen LogP contribution in [0.2, 0.25) is 5.02 Å². The predicted octanol–water partition coefficient (Wildman–Crippen LogP) is 4.23. The van der Waals surface area contributed by atoms with Crippen molar-refractivity contribution in [2.75, 3.05) is 27.2 Å². The standard InChI is InChI=1S/C20H22ClN5.C7H7NO2/c1-24-15-6-7-16(24)12-25(11-15)13-18-20(17-8-5-14(21)10-22-17)23-19-4-2-3-9-26(18)19;1-10-7-4-2-3-6(5-9)8-7/h2-5,8-10,15-16H,6-7,11-13H2,1H3;2-5H,1H3. The molecule has 2 bridgehead atoms. The molecule has 0 N–H and O–H groups in total. The molecule has 8 nitrogen and oxygen atoms in total. The summed E-state index contributed by atoms with van der Waals surface area (Å²) in [6.07, 6.45) is 7.11. The van der Waals surface area contributed by atoms with Gasteiger partial charge in [-0.2, -0.15) is 0 Å². The van der Waals surface area contributed by atoms with Gasteiger partial charge >= 0.3 is 0 Å². The molecule has 4 aromatic heterocycles. The van der Waals surface area contributed by atoms with Gasteiger partial charge in [0.15, 0.2) is 6.29 Å². The van der Waals surface area contributed by atoms with Crippen molar-refractivity contribution in [3.05, 3.63) is 77.3 Å². The van der Waals surface area contributed by atoms with Crippen LogP contribution in [0.1, 0.15) is 29.0 Å². The average molecular weight is 505 g/mol. The molecule has 2 unspecified atom stereocenters. The molecule has 0 aliphatic carbocycles. The van der Waals surface area contributed by atoms with E-state index in [1.807, 2.05) is 18.2 Å². The molecule has 0 radical (unpaired) electrons. The molecule has 0 spiro atoms. The van der Waals surface area contributed by atoms with Gasteiger partial charge in [-0.25, -0.2) is 9.97 Å². The Balaban J connectivity index is 0.000000226. The van der Waals surface area contributed by atoms with E-state index in [1.165, 1.54) is 25.6 Å². The molecule has 0 saturated carbocycles. The zero-order valence-corrected chi connectivity index (χ0v) is 21.2. The number of pyridine rings is 3. The van der Waals surface area contributed by atoms with Crippen molar-refractivity contribution in [1.82, 2.24) is 29.2 Å². The van der Waals surface area contributed by atoms with E-state index in [0.717, 1.165) is 36.7 Å². The summed E-state index contributed by atoms with van der Waals surface area (Å²) >= 11 is 6.02. The molecule has 2 fully saturated rings. The second-order valence-electron chi connectivity index (χ2n) is 9.16. The molecule has 6 heterocycles. The number of fused-ring (bicyclic) bond motifs is 3. The molecule has 9 heteroatoms. The third-order valence-electron chi connectivity index (χ3n) is 6.97. The van der Waals surface area contributed by atoms with Crippen LogP contribution in [0, 0.1) is 0 Å². The van der Waals surface area contributed by atoms with Crippen molar-refractivity contribution < 1.29 is 9.53 Å². The summed E-state index contributed by atoms with van der Waals surface area (Å²) < 4.78 is 6.99. The number of rotatable bonds is 5. The SMILES string of the molecule is CN1C2CCC1CN(Cc1c(-c3ccc(Cl)cn3)nc3ccccn13)C2.COc1cccc(C=O)n1. The average Bonchev–Trinajstić information content (AvgIpc) is 3.35. The Bertz CT molecular complexity index is 1330. The van der Waals surface area contributed by atoms with Crippen LogP contribution in [0.5, 0.6) is 5.88 Å². The fourth-order valence-electron chi connectivity index (χ4n) is 5.07. The predicted molar refractivity (Wildman–Crippen MR) is 139 cm³/mol. The van der Waals surface area contributed by atoms with Crippen LogP contribution in [0.3, 0.4) is 0 Å². The largest absolute Gasteiger partial charge is 0.481 e. The minimum absolute atomic E-state index is 0.388. The molecule has 0 amide bonds. The zero-order chi connectivity index (χ0) is 25.1. The number of likely N-dealkylation sites (N-methyl/N-ethyl adjacent to an activating group) is 1. The summed E-state index contributed by atoms with van der Waals surface area (Å²) in [5.74, 6) is 0.463. The van der Waals surface area contributed by atoms with Crippen LogP contribution in [0.15, 0.2) is 60.9 Å². The number of aldehydes is 1. The van der Waals surface area contributed by atoms with E-state index in [4.69, 9.17) is 21.3 Å². The molecular weight excluding hydrogens is 476 g/mol. The highest BCUT2D eigenvalue weighted by Crippen LogP contribution is 2.31. The zero-order valence-electron chi connectivity index (χ0n) is 20.4. The summed E-state index contributed by atoms with van der Waals surface area (Å²) in [6, 6.07) is 16.4. The first-order chi connectivity index (χ1) is 17.6. The Kier molecular flexibility index (Phi) is 7.27. The highest BCUT2D eigenvalue weighted by molar-refractivity contribution is 6.30. The van der Waals surface area contributed by atoms with Crippen LogP contribution in [-0.4, -0.2) is 74.8 Å². The first-order valence-electron chi connectivity index (χ1n) is 12.0. The van der Waals surface area contributed by atoms with Gasteiger partial charge in [0.05, 0.1) is 23.5 Å². The fourth-order valence-corrected chi connectivity index (χ4v) is 5.18. The van der Waals surface area contributed by atoms with Crippen LogP contribution >= 0.6 is 11.6 Å². The van der Waals surface area contributed by atoms with Crippen molar-refractivity contribution in [3.8, 4) is 17.3 Å². The van der Waals surface area contributed by atoms with E-state index in [1.54, 1.807) is 24.4 Å². The second-order valence-corrected chi connectivity index (χ2v) is 9.60. The van der Waals surface area contributed by atoms with Crippen LogP contribution in [0.4, 0.5) is 0 Å². The van der Waals surface area contributed by atoms with Gasteiger partial charge in [-0.15, -0.1) is 0 Å². The van der Waals surface area contributed by atoms with Gasteiger partial charge in [0.2, 0.25) is 5.88 Å². The van der Waals surface area contributed by atoms with Crippen molar-refractivity contribution in [2.45, 2.75) is 31.5 Å². The molecule has 36 heavy (non-hydrogen) atoms. The quantitative estimate of drug-likeness (QED) is 0.376. The minimum Gasteiger partial charge on any atom is -0.481 e. The fraction of sp³-hybridized carbons (Fsp3) is 0.333. The smallest absolute Gasteiger partial charge is 0.213 e. The van der Waals surface area contributed by atoms with Gasteiger partial charge < -0.3 is 9.14 Å². The van der Waals surface area contributed by atoms with Gasteiger partial charge in [0, 0.05) is 50.2 Å². The molecule has 186 valence electrons. The number of ether oxygens (including phenoxy) is 1. The Morgan fingerprint density at radius 1 is 1.06 bits per heavy atom. The lowest BCUT2D eigenvalue weighted by Gasteiger charge is -2.38. The number of imidazole rings is 1. The van der Waals surface area contributed by atoms with E-state index in [-0.39, 0.29) is 0 Å². The molecule has 2 aliphatic rings. The van der Waals surface area contributed by atoms with Gasteiger partial charge in [-0.05, 0) is 50.2 Å². The number of carbonyl (C=O) groups is 1. The van der Waals surface area contributed by atoms with Gasteiger partial charge in [0.25, 0.3) is 0 Å². The summed E-state index contributed by atoms with van der Waals surface area (Å²) in [7, 11) is 3.79. The van der Waals surface area contributed by atoms with Crippen molar-refractivity contribution in [3.63, 3.8) is 0 Å². The third-order valence-corrected chi connectivity index (χ3v) is 7.19. The number of halogens is 1. The molecular formula is C27H29ClN6O2. The first-order valence-corrected chi connectivity index (χ1v) is 12.4. The van der Waals surface area contributed by atoms with Crippen molar-refractivity contribution in [2.24, 2.45) is 0 Å². The lowest BCUT2D eigenvalue weighted by atomic mass is 10.1. The van der Waals surface area contributed by atoms with Gasteiger partial charge in [-0.1, -0.05) is 23.7 Å². The molecule has 0 aromatic carbocycles. The maximum atomic E-state index is 10.2. The Morgan fingerprint density at radius 2 is 1.86 bits per heavy atom. The third kappa shape index (κ3) is 5.11. The van der Waals surface area contributed by atoms with E-state index in [2.05, 4.69) is 49.5 Å². The molecule has 2 saturated heterocycles. The number of aromatic nitrogens is 4. The summed E-state index contributed by atoms with van der Waals surface area (Å²) in [4.78, 5) is 28.5. The maximum Gasteiger partial charge on any atom is 0.213 e. The minimum atomic E-state index is 0.388. The van der Waals surface area contributed by atoms with E-state index in [9.17, 15) is 4.79 Å². The lowest BCUT2D eigenvalue weighted by Crippen LogP contribution is -2.51. The number of hydrogen-bond donors (Lipinski definition) is 0. The molecule has 2 aliphatic heterocycles. The number of piperazine rings is 1. The molecule has 4 aromatic rings.